The van der Waals surface area contributed by atoms with Gasteiger partial charge in [-0.05, 0) is 42.7 Å². The molecule has 29 heavy (non-hydrogen) atoms. The lowest BCUT2D eigenvalue weighted by molar-refractivity contribution is 0.198. The van der Waals surface area contributed by atoms with Crippen molar-refractivity contribution < 1.29 is 9.15 Å². The third-order valence-corrected chi connectivity index (χ3v) is 5.31. The normalized spacial score (nSPS) is 16.1. The van der Waals surface area contributed by atoms with E-state index in [1.165, 1.54) is 5.56 Å². The molecule has 0 amide bonds. The lowest BCUT2D eigenvalue weighted by Gasteiger charge is -2.33. The number of likely N-dealkylation sites (tertiary alicyclic amines) is 1. The molecule has 2 aromatic rings. The molecule has 0 aliphatic carbocycles. The molecule has 1 fully saturated rings. The van der Waals surface area contributed by atoms with Crippen LogP contribution in [0.4, 0.5) is 0 Å². The molecule has 0 saturated carbocycles. The Bertz CT molecular complexity index is 726. The third kappa shape index (κ3) is 7.72. The number of halogens is 1. The summed E-state index contributed by atoms with van der Waals surface area (Å²) in [5.41, 5.74) is 1.31. The fourth-order valence-corrected chi connectivity index (χ4v) is 3.56. The summed E-state index contributed by atoms with van der Waals surface area (Å²) < 4.78 is 10.5. The van der Waals surface area contributed by atoms with Crippen molar-refractivity contribution in [3.63, 3.8) is 0 Å². The van der Waals surface area contributed by atoms with Crippen molar-refractivity contribution in [3.05, 3.63) is 59.0 Å². The van der Waals surface area contributed by atoms with Gasteiger partial charge in [-0.3, -0.25) is 9.89 Å². The van der Waals surface area contributed by atoms with E-state index in [1.807, 2.05) is 24.3 Å². The summed E-state index contributed by atoms with van der Waals surface area (Å²) in [6.07, 6.45) is 4.73. The number of piperidine rings is 1. The quantitative estimate of drug-likeness (QED) is 0.371. The molecule has 158 valence electrons. The van der Waals surface area contributed by atoms with Crippen LogP contribution < -0.4 is 10.6 Å². The highest BCUT2D eigenvalue weighted by molar-refractivity contribution is 6.30. The second-order valence-corrected chi connectivity index (χ2v) is 7.74. The van der Waals surface area contributed by atoms with Gasteiger partial charge in [-0.25, -0.2) is 0 Å². The van der Waals surface area contributed by atoms with Gasteiger partial charge >= 0.3 is 0 Å². The van der Waals surface area contributed by atoms with Crippen LogP contribution in [-0.4, -0.2) is 56.8 Å². The molecule has 0 spiro atoms. The molecule has 6 nitrogen and oxygen atoms in total. The van der Waals surface area contributed by atoms with E-state index in [1.54, 1.807) is 13.4 Å². The van der Waals surface area contributed by atoms with Crippen molar-refractivity contribution in [1.29, 1.82) is 0 Å². The molecule has 1 aliphatic heterocycles. The van der Waals surface area contributed by atoms with Crippen LogP contribution in [0.1, 0.15) is 24.2 Å². The first-order valence-electron chi connectivity index (χ1n) is 10.3. The molecule has 3 rings (SSSR count). The minimum Gasteiger partial charge on any atom is -0.469 e. The van der Waals surface area contributed by atoms with Gasteiger partial charge in [-0.2, -0.15) is 0 Å². The van der Waals surface area contributed by atoms with Crippen LogP contribution in [0.5, 0.6) is 0 Å². The highest BCUT2D eigenvalue weighted by Gasteiger charge is 2.20. The SMILES string of the molecule is COCCN=C(NCCc1ccco1)NC1CCN(Cc2ccc(Cl)cc2)CC1. The number of furan rings is 1. The highest BCUT2D eigenvalue weighted by atomic mass is 35.5. The summed E-state index contributed by atoms with van der Waals surface area (Å²) >= 11 is 5.98. The number of ether oxygens (including phenoxy) is 1. The van der Waals surface area contributed by atoms with E-state index in [0.717, 1.165) is 62.2 Å². The van der Waals surface area contributed by atoms with Gasteiger partial charge < -0.3 is 19.8 Å². The van der Waals surface area contributed by atoms with Crippen LogP contribution in [0.15, 0.2) is 52.1 Å². The number of nitrogens with one attached hydrogen (secondary N) is 2. The molecule has 0 atom stereocenters. The number of nitrogens with zero attached hydrogens (tertiary/aromatic N) is 2. The number of rotatable bonds is 9. The van der Waals surface area contributed by atoms with Crippen LogP contribution in [0.3, 0.4) is 0 Å². The van der Waals surface area contributed by atoms with Gasteiger partial charge in [0.1, 0.15) is 5.76 Å². The summed E-state index contributed by atoms with van der Waals surface area (Å²) in [5, 5.41) is 7.80. The van der Waals surface area contributed by atoms with E-state index < -0.39 is 0 Å². The minimum absolute atomic E-state index is 0.425. The van der Waals surface area contributed by atoms with Crippen molar-refractivity contribution in [2.24, 2.45) is 4.99 Å². The van der Waals surface area contributed by atoms with E-state index >= 15 is 0 Å². The van der Waals surface area contributed by atoms with Gasteiger partial charge in [0.15, 0.2) is 5.96 Å². The predicted molar refractivity (Wildman–Crippen MR) is 117 cm³/mol. The van der Waals surface area contributed by atoms with Gasteiger partial charge in [0.05, 0.1) is 19.4 Å². The largest absolute Gasteiger partial charge is 0.469 e. The molecule has 0 bridgehead atoms. The Morgan fingerprint density at radius 2 is 2.03 bits per heavy atom. The average molecular weight is 419 g/mol. The van der Waals surface area contributed by atoms with Crippen molar-refractivity contribution in [3.8, 4) is 0 Å². The van der Waals surface area contributed by atoms with Crippen molar-refractivity contribution in [2.75, 3.05) is 39.9 Å². The second kappa shape index (κ2) is 11.9. The Hall–Kier alpha value is -2.02. The Morgan fingerprint density at radius 3 is 2.72 bits per heavy atom. The second-order valence-electron chi connectivity index (χ2n) is 7.30. The minimum atomic E-state index is 0.425. The lowest BCUT2D eigenvalue weighted by atomic mass is 10.0. The first-order chi connectivity index (χ1) is 14.2. The van der Waals surface area contributed by atoms with Crippen molar-refractivity contribution in [1.82, 2.24) is 15.5 Å². The maximum atomic E-state index is 5.98. The summed E-state index contributed by atoms with van der Waals surface area (Å²) in [7, 11) is 1.70. The summed E-state index contributed by atoms with van der Waals surface area (Å²) in [6.45, 7) is 5.14. The molecule has 7 heteroatoms. The van der Waals surface area contributed by atoms with Crippen LogP contribution in [0.2, 0.25) is 5.02 Å². The smallest absolute Gasteiger partial charge is 0.191 e. The summed E-state index contributed by atoms with van der Waals surface area (Å²) in [4.78, 5) is 7.13. The molecule has 1 aliphatic rings. The van der Waals surface area contributed by atoms with Gasteiger partial charge in [0.2, 0.25) is 0 Å². The van der Waals surface area contributed by atoms with E-state index in [4.69, 9.17) is 20.8 Å². The summed E-state index contributed by atoms with van der Waals surface area (Å²) in [6, 6.07) is 12.5. The Kier molecular flexibility index (Phi) is 8.86. The van der Waals surface area contributed by atoms with E-state index in [-0.39, 0.29) is 0 Å². The third-order valence-electron chi connectivity index (χ3n) is 5.06. The molecule has 1 aromatic heterocycles. The standard InChI is InChI=1S/C22H31ClN4O2/c1-28-16-12-25-22(24-11-8-21-3-2-15-29-21)26-20-9-13-27(14-10-20)17-18-4-6-19(23)7-5-18/h2-7,15,20H,8-14,16-17H2,1H3,(H2,24,25,26). The average Bonchev–Trinajstić information content (AvgIpc) is 3.25. The lowest BCUT2D eigenvalue weighted by Crippen LogP contribution is -2.49. The van der Waals surface area contributed by atoms with Crippen molar-refractivity contribution in [2.45, 2.75) is 31.8 Å². The van der Waals surface area contributed by atoms with E-state index in [2.05, 4.69) is 32.7 Å². The summed E-state index contributed by atoms with van der Waals surface area (Å²) in [5.74, 6) is 1.83. The Morgan fingerprint density at radius 1 is 1.24 bits per heavy atom. The van der Waals surface area contributed by atoms with Crippen LogP contribution >= 0.6 is 11.6 Å². The molecule has 0 radical (unpaired) electrons. The monoisotopic (exact) mass is 418 g/mol. The molecular weight excluding hydrogens is 388 g/mol. The highest BCUT2D eigenvalue weighted by Crippen LogP contribution is 2.16. The van der Waals surface area contributed by atoms with Crippen LogP contribution in [0, 0.1) is 0 Å². The Labute approximate surface area is 178 Å². The maximum Gasteiger partial charge on any atom is 0.191 e. The van der Waals surface area contributed by atoms with Crippen LogP contribution in [-0.2, 0) is 17.7 Å². The van der Waals surface area contributed by atoms with Gasteiger partial charge in [-0.15, -0.1) is 0 Å². The fourth-order valence-electron chi connectivity index (χ4n) is 3.44. The molecule has 0 unspecified atom stereocenters. The fraction of sp³-hybridized carbons (Fsp3) is 0.500. The first-order valence-corrected chi connectivity index (χ1v) is 10.6. The number of hydrogen-bond donors (Lipinski definition) is 2. The van der Waals surface area contributed by atoms with E-state index in [9.17, 15) is 0 Å². The molecular formula is C22H31ClN4O2. The molecule has 1 aromatic carbocycles. The zero-order valence-corrected chi connectivity index (χ0v) is 17.8. The number of methoxy groups -OCH3 is 1. The zero-order valence-electron chi connectivity index (χ0n) is 17.1. The van der Waals surface area contributed by atoms with Gasteiger partial charge in [-0.1, -0.05) is 23.7 Å². The number of aliphatic imine (C=N–C) groups is 1. The topological polar surface area (TPSA) is 62.0 Å². The molecule has 1 saturated heterocycles. The van der Waals surface area contributed by atoms with E-state index in [0.29, 0.717) is 19.2 Å². The molecule has 2 heterocycles. The predicted octanol–water partition coefficient (Wildman–Crippen LogP) is 3.32. The first kappa shape index (κ1) is 21.7. The maximum absolute atomic E-state index is 5.98. The number of hydrogen-bond acceptors (Lipinski definition) is 4. The van der Waals surface area contributed by atoms with Gasteiger partial charge in [0.25, 0.3) is 0 Å². The van der Waals surface area contributed by atoms with Gasteiger partial charge in [0, 0.05) is 50.8 Å². The Balaban J connectivity index is 1.43. The molecule has 2 N–H and O–H groups in total. The number of benzene rings is 1. The van der Waals surface area contributed by atoms with Crippen molar-refractivity contribution >= 4 is 17.6 Å². The number of guanidine groups is 1. The zero-order chi connectivity index (χ0) is 20.3. The van der Waals surface area contributed by atoms with Crippen LogP contribution in [0.25, 0.3) is 0 Å².